The van der Waals surface area contributed by atoms with E-state index in [2.05, 4.69) is 50.1 Å². The van der Waals surface area contributed by atoms with Crippen molar-refractivity contribution in [3.8, 4) is 11.3 Å². The lowest BCUT2D eigenvalue weighted by atomic mass is 10.0. The second-order valence-electron chi connectivity index (χ2n) is 7.11. The van der Waals surface area contributed by atoms with E-state index in [1.54, 1.807) is 6.33 Å². The number of hydrogen-bond acceptors (Lipinski definition) is 6. The normalized spacial score (nSPS) is 15.7. The van der Waals surface area contributed by atoms with Crippen LogP contribution >= 0.6 is 0 Å². The lowest BCUT2D eigenvalue weighted by Crippen LogP contribution is -2.44. The molecule has 0 bridgehead atoms. The summed E-state index contributed by atoms with van der Waals surface area (Å²) in [6.45, 7) is 3.15. The van der Waals surface area contributed by atoms with Crippen molar-refractivity contribution in [2.24, 2.45) is 0 Å². The van der Waals surface area contributed by atoms with Gasteiger partial charge in [0.1, 0.15) is 12.1 Å². The smallest absolute Gasteiger partial charge is 0.254 e. The maximum absolute atomic E-state index is 9.05. The molecule has 3 heterocycles. The molecule has 0 atom stereocenters. The summed E-state index contributed by atoms with van der Waals surface area (Å²) in [5.74, 6) is 1.68. The van der Waals surface area contributed by atoms with Gasteiger partial charge in [-0.15, -0.1) is 0 Å². The maximum atomic E-state index is 9.05. The van der Waals surface area contributed by atoms with Gasteiger partial charge in [0, 0.05) is 43.9 Å². The molecule has 2 aromatic heterocycles. The van der Waals surface area contributed by atoms with Crippen molar-refractivity contribution in [3.63, 3.8) is 0 Å². The lowest BCUT2D eigenvalue weighted by molar-refractivity contribution is 0.184. The van der Waals surface area contributed by atoms with E-state index in [-0.39, 0.29) is 6.61 Å². The van der Waals surface area contributed by atoms with Gasteiger partial charge in [-0.2, -0.15) is 14.6 Å². The fourth-order valence-electron chi connectivity index (χ4n) is 3.82. The Morgan fingerprint density at radius 3 is 2.70 bits per heavy atom. The minimum absolute atomic E-state index is 0.257. The van der Waals surface area contributed by atoms with Crippen LogP contribution in [0.25, 0.3) is 17.0 Å². The highest BCUT2D eigenvalue weighted by Crippen LogP contribution is 2.26. The Labute approximate surface area is 159 Å². The highest BCUT2D eigenvalue weighted by atomic mass is 16.3. The predicted octanol–water partition coefficient (Wildman–Crippen LogP) is 2.07. The Kier molecular flexibility index (Phi) is 5.31. The molecule has 1 aliphatic heterocycles. The van der Waals surface area contributed by atoms with Crippen LogP contribution in [0.5, 0.6) is 0 Å². The van der Waals surface area contributed by atoms with Crippen LogP contribution in [0.1, 0.15) is 19.3 Å². The average Bonchev–Trinajstić information content (AvgIpc) is 3.21. The van der Waals surface area contributed by atoms with Crippen LogP contribution in [0.3, 0.4) is 0 Å². The highest BCUT2D eigenvalue weighted by Gasteiger charge is 2.24. The van der Waals surface area contributed by atoms with E-state index < -0.39 is 0 Å². The number of benzene rings is 1. The van der Waals surface area contributed by atoms with E-state index >= 15 is 0 Å². The SMILES string of the molecule is CN(CCCO)C1CCN(c2cc(-c3ccccc3)nc3ncnn23)CC1. The van der Waals surface area contributed by atoms with Gasteiger partial charge < -0.3 is 14.9 Å². The number of anilines is 1. The van der Waals surface area contributed by atoms with Crippen LogP contribution < -0.4 is 4.90 Å². The van der Waals surface area contributed by atoms with Gasteiger partial charge in [-0.1, -0.05) is 30.3 Å². The van der Waals surface area contributed by atoms with Gasteiger partial charge in [-0.3, -0.25) is 0 Å². The van der Waals surface area contributed by atoms with E-state index in [9.17, 15) is 0 Å². The molecule has 142 valence electrons. The summed E-state index contributed by atoms with van der Waals surface area (Å²) in [6.07, 6.45) is 4.60. The van der Waals surface area contributed by atoms with Gasteiger partial charge in [-0.25, -0.2) is 4.98 Å². The van der Waals surface area contributed by atoms with Gasteiger partial charge >= 0.3 is 0 Å². The Morgan fingerprint density at radius 1 is 1.19 bits per heavy atom. The van der Waals surface area contributed by atoms with Crippen molar-refractivity contribution in [3.05, 3.63) is 42.7 Å². The molecule has 1 aromatic carbocycles. The Morgan fingerprint density at radius 2 is 1.96 bits per heavy atom. The Balaban J connectivity index is 1.56. The highest BCUT2D eigenvalue weighted by molar-refractivity contribution is 5.65. The molecule has 7 heteroatoms. The summed E-state index contributed by atoms with van der Waals surface area (Å²) in [4.78, 5) is 13.7. The van der Waals surface area contributed by atoms with Crippen LogP contribution in [0.4, 0.5) is 5.82 Å². The number of piperidine rings is 1. The molecule has 1 N–H and O–H groups in total. The molecule has 1 saturated heterocycles. The molecule has 0 spiro atoms. The number of hydrogen-bond donors (Lipinski definition) is 1. The van der Waals surface area contributed by atoms with Crippen LogP contribution in [0, 0.1) is 0 Å². The van der Waals surface area contributed by atoms with E-state index in [1.165, 1.54) is 0 Å². The van der Waals surface area contributed by atoms with E-state index in [0.717, 1.165) is 56.0 Å². The summed E-state index contributed by atoms with van der Waals surface area (Å²) in [6, 6.07) is 12.9. The van der Waals surface area contributed by atoms with Crippen molar-refractivity contribution >= 4 is 11.6 Å². The number of aliphatic hydroxyl groups is 1. The van der Waals surface area contributed by atoms with Crippen molar-refractivity contribution in [2.45, 2.75) is 25.3 Å². The topological polar surface area (TPSA) is 69.8 Å². The van der Waals surface area contributed by atoms with E-state index in [0.29, 0.717) is 11.8 Å². The zero-order chi connectivity index (χ0) is 18.6. The summed E-state index contributed by atoms with van der Waals surface area (Å²) in [5.41, 5.74) is 2.01. The van der Waals surface area contributed by atoms with E-state index in [4.69, 9.17) is 5.11 Å². The lowest BCUT2D eigenvalue weighted by Gasteiger charge is -2.37. The summed E-state index contributed by atoms with van der Waals surface area (Å²) in [7, 11) is 2.16. The first kappa shape index (κ1) is 17.9. The first-order chi connectivity index (χ1) is 13.3. The zero-order valence-corrected chi connectivity index (χ0v) is 15.7. The molecule has 27 heavy (non-hydrogen) atoms. The third-order valence-electron chi connectivity index (χ3n) is 5.38. The van der Waals surface area contributed by atoms with Crippen LogP contribution in [-0.2, 0) is 0 Å². The summed E-state index contributed by atoms with van der Waals surface area (Å²) >= 11 is 0. The second kappa shape index (κ2) is 8.02. The zero-order valence-electron chi connectivity index (χ0n) is 15.7. The van der Waals surface area contributed by atoms with Crippen LogP contribution in [0.2, 0.25) is 0 Å². The number of aliphatic hydroxyl groups excluding tert-OH is 1. The third kappa shape index (κ3) is 3.79. The second-order valence-corrected chi connectivity index (χ2v) is 7.11. The molecule has 0 amide bonds. The molecule has 0 unspecified atom stereocenters. The third-order valence-corrected chi connectivity index (χ3v) is 5.38. The molecular weight excluding hydrogens is 340 g/mol. The first-order valence-corrected chi connectivity index (χ1v) is 9.58. The molecule has 1 aliphatic rings. The summed E-state index contributed by atoms with van der Waals surface area (Å²) in [5, 5.41) is 13.4. The van der Waals surface area contributed by atoms with Gasteiger partial charge in [-0.05, 0) is 26.3 Å². The van der Waals surface area contributed by atoms with Crippen molar-refractivity contribution in [1.82, 2.24) is 24.5 Å². The predicted molar refractivity (Wildman–Crippen MR) is 106 cm³/mol. The minimum atomic E-state index is 0.257. The summed E-state index contributed by atoms with van der Waals surface area (Å²) < 4.78 is 1.84. The molecule has 0 radical (unpaired) electrons. The molecule has 1 fully saturated rings. The van der Waals surface area contributed by atoms with Crippen LogP contribution in [-0.4, -0.2) is 68.9 Å². The minimum Gasteiger partial charge on any atom is -0.396 e. The fourth-order valence-corrected chi connectivity index (χ4v) is 3.82. The number of aromatic nitrogens is 4. The molecule has 3 aromatic rings. The first-order valence-electron chi connectivity index (χ1n) is 9.58. The van der Waals surface area contributed by atoms with Gasteiger partial charge in [0.05, 0.1) is 5.69 Å². The monoisotopic (exact) mass is 366 g/mol. The van der Waals surface area contributed by atoms with Gasteiger partial charge in [0.2, 0.25) is 0 Å². The van der Waals surface area contributed by atoms with Crippen LogP contribution in [0.15, 0.2) is 42.7 Å². The molecule has 0 aliphatic carbocycles. The molecule has 4 rings (SSSR count). The number of rotatable bonds is 6. The molecule has 0 saturated carbocycles. The largest absolute Gasteiger partial charge is 0.396 e. The number of nitrogens with zero attached hydrogens (tertiary/aromatic N) is 6. The standard InChI is InChI=1S/C20H26N6O/c1-24(10-5-13-27)17-8-11-25(12-9-17)19-14-18(16-6-3-2-4-7-16)23-20-21-15-22-26(19)20/h2-4,6-7,14-15,17,27H,5,8-13H2,1H3. The van der Waals surface area contributed by atoms with Crippen molar-refractivity contribution < 1.29 is 5.11 Å². The van der Waals surface area contributed by atoms with Gasteiger partial charge in [0.25, 0.3) is 5.78 Å². The molecule has 7 nitrogen and oxygen atoms in total. The van der Waals surface area contributed by atoms with E-state index in [1.807, 2.05) is 22.7 Å². The maximum Gasteiger partial charge on any atom is 0.254 e. The molecular formula is C20H26N6O. The fraction of sp³-hybridized carbons (Fsp3) is 0.450. The Hall–Kier alpha value is -2.51. The number of fused-ring (bicyclic) bond motifs is 1. The quantitative estimate of drug-likeness (QED) is 0.720. The average molecular weight is 366 g/mol. The Bertz CT molecular complexity index is 873. The van der Waals surface area contributed by atoms with Gasteiger partial charge in [0.15, 0.2) is 0 Å². The van der Waals surface area contributed by atoms with Crippen molar-refractivity contribution in [1.29, 1.82) is 0 Å². The van der Waals surface area contributed by atoms with Crippen molar-refractivity contribution in [2.75, 3.05) is 38.2 Å².